The van der Waals surface area contributed by atoms with Gasteiger partial charge >= 0.3 is 0 Å². The molecule has 2 amide bonds. The number of carbonyl (C=O) groups is 2. The van der Waals surface area contributed by atoms with Crippen molar-refractivity contribution in [3.63, 3.8) is 0 Å². The van der Waals surface area contributed by atoms with Crippen LogP contribution in [0, 0.1) is 0 Å². The molecule has 2 aromatic rings. The number of hydrogen-bond acceptors (Lipinski definition) is 2. The Bertz CT molecular complexity index is 670. The third kappa shape index (κ3) is 6.30. The van der Waals surface area contributed by atoms with Gasteiger partial charge in [-0.25, -0.2) is 0 Å². The largest absolute Gasteiger partial charge is 0.350 e. The van der Waals surface area contributed by atoms with Gasteiger partial charge in [0.25, 0.3) is 0 Å². The van der Waals surface area contributed by atoms with Crippen molar-refractivity contribution in [2.24, 2.45) is 0 Å². The molecule has 2 aromatic carbocycles. The predicted molar refractivity (Wildman–Crippen MR) is 91.5 cm³/mol. The lowest BCUT2D eigenvalue weighted by molar-refractivity contribution is -0.125. The van der Waals surface area contributed by atoms with Gasteiger partial charge in [0.2, 0.25) is 11.8 Å². The average Bonchev–Trinajstić information content (AvgIpc) is 2.54. The van der Waals surface area contributed by atoms with Gasteiger partial charge in [-0.1, -0.05) is 47.5 Å². The van der Waals surface area contributed by atoms with Gasteiger partial charge in [-0.3, -0.25) is 9.59 Å². The Balaban J connectivity index is 1.70. The van der Waals surface area contributed by atoms with E-state index < -0.39 is 0 Å². The third-order valence-corrected chi connectivity index (χ3v) is 3.63. The molecule has 0 spiro atoms. The lowest BCUT2D eigenvalue weighted by atomic mass is 10.1. The van der Waals surface area contributed by atoms with Crippen LogP contribution in [0.3, 0.4) is 0 Å². The molecular weight excluding hydrogens is 335 g/mol. The fraction of sp³-hybridized carbons (Fsp3) is 0.176. The molecular formula is C17H16Cl2N2O2. The van der Waals surface area contributed by atoms with E-state index in [0.717, 1.165) is 11.1 Å². The van der Waals surface area contributed by atoms with Crippen LogP contribution in [-0.4, -0.2) is 18.4 Å². The number of benzene rings is 2. The van der Waals surface area contributed by atoms with Gasteiger partial charge in [0.1, 0.15) is 0 Å². The molecule has 2 N–H and O–H groups in total. The summed E-state index contributed by atoms with van der Waals surface area (Å²) in [5, 5.41) is 6.59. The van der Waals surface area contributed by atoms with Crippen LogP contribution in [0.15, 0.2) is 48.5 Å². The first-order valence-electron chi connectivity index (χ1n) is 7.05. The maximum atomic E-state index is 11.8. The summed E-state index contributed by atoms with van der Waals surface area (Å²) in [6, 6.07) is 14.2. The highest BCUT2D eigenvalue weighted by molar-refractivity contribution is 6.30. The van der Waals surface area contributed by atoms with Crippen LogP contribution in [0.4, 0.5) is 0 Å². The Hall–Kier alpha value is -2.04. The molecule has 0 heterocycles. The zero-order valence-electron chi connectivity index (χ0n) is 12.3. The van der Waals surface area contributed by atoms with E-state index >= 15 is 0 Å². The van der Waals surface area contributed by atoms with Crippen molar-refractivity contribution in [2.75, 3.05) is 6.54 Å². The minimum atomic E-state index is -0.246. The molecule has 0 aliphatic carbocycles. The topological polar surface area (TPSA) is 58.2 Å². The predicted octanol–water partition coefficient (Wildman–Crippen LogP) is 2.97. The van der Waals surface area contributed by atoms with Crippen molar-refractivity contribution in [3.8, 4) is 0 Å². The third-order valence-electron chi connectivity index (χ3n) is 3.13. The number of nitrogens with one attached hydrogen (secondary N) is 2. The summed E-state index contributed by atoms with van der Waals surface area (Å²) in [6.45, 7) is 0.336. The van der Waals surface area contributed by atoms with Gasteiger partial charge in [-0.15, -0.1) is 0 Å². The molecule has 0 unspecified atom stereocenters. The second-order valence-electron chi connectivity index (χ2n) is 4.98. The van der Waals surface area contributed by atoms with E-state index in [1.807, 2.05) is 12.1 Å². The molecule has 0 aliphatic heterocycles. The van der Waals surface area contributed by atoms with Crippen LogP contribution >= 0.6 is 23.2 Å². The van der Waals surface area contributed by atoms with Crippen LogP contribution in [-0.2, 0) is 22.6 Å². The summed E-state index contributed by atoms with van der Waals surface area (Å²) >= 11 is 11.6. The Kier molecular flexibility index (Phi) is 6.44. The number of rotatable bonds is 6. The molecule has 23 heavy (non-hydrogen) atoms. The highest BCUT2D eigenvalue weighted by Gasteiger charge is 2.06. The number of hydrogen-bond donors (Lipinski definition) is 2. The normalized spacial score (nSPS) is 10.2. The summed E-state index contributed by atoms with van der Waals surface area (Å²) in [6.07, 6.45) is 0.210. The summed E-state index contributed by atoms with van der Waals surface area (Å²) in [7, 11) is 0. The van der Waals surface area contributed by atoms with Gasteiger partial charge in [0, 0.05) is 16.6 Å². The van der Waals surface area contributed by atoms with Crippen molar-refractivity contribution in [3.05, 3.63) is 69.7 Å². The van der Waals surface area contributed by atoms with Crippen LogP contribution < -0.4 is 10.6 Å². The number of amides is 2. The molecule has 0 fully saturated rings. The maximum absolute atomic E-state index is 11.8. The zero-order chi connectivity index (χ0) is 16.7. The molecule has 0 radical (unpaired) electrons. The second-order valence-corrected chi connectivity index (χ2v) is 5.86. The molecule has 0 aromatic heterocycles. The minimum absolute atomic E-state index is 0.0555. The standard InChI is InChI=1S/C17H16Cl2N2O2/c18-14-5-1-12(2-6-14)9-16(22)21-11-17(23)20-10-13-3-7-15(19)8-4-13/h1-8H,9-11H2,(H,20,23)(H,21,22). The van der Waals surface area contributed by atoms with Crippen LogP contribution in [0.5, 0.6) is 0 Å². The van der Waals surface area contributed by atoms with E-state index in [4.69, 9.17) is 23.2 Å². The quantitative estimate of drug-likeness (QED) is 0.841. The first-order valence-corrected chi connectivity index (χ1v) is 7.81. The first kappa shape index (κ1) is 17.3. The lowest BCUT2D eigenvalue weighted by Crippen LogP contribution is -2.37. The SMILES string of the molecule is O=C(CNC(=O)Cc1ccc(Cl)cc1)NCc1ccc(Cl)cc1. The van der Waals surface area contributed by atoms with E-state index in [9.17, 15) is 9.59 Å². The van der Waals surface area contributed by atoms with Gasteiger partial charge in [-0.2, -0.15) is 0 Å². The monoisotopic (exact) mass is 350 g/mol. The fourth-order valence-corrected chi connectivity index (χ4v) is 2.15. The Morgan fingerprint density at radius 2 is 1.26 bits per heavy atom. The second kappa shape index (κ2) is 8.56. The van der Waals surface area contributed by atoms with Crippen LogP contribution in [0.25, 0.3) is 0 Å². The highest BCUT2D eigenvalue weighted by atomic mass is 35.5. The van der Waals surface area contributed by atoms with Crippen molar-refractivity contribution >= 4 is 35.0 Å². The Labute approximate surface area is 144 Å². The Morgan fingerprint density at radius 1 is 0.739 bits per heavy atom. The number of carbonyl (C=O) groups excluding carboxylic acids is 2. The van der Waals surface area contributed by atoms with E-state index in [2.05, 4.69) is 10.6 Å². The molecule has 0 aliphatic rings. The summed E-state index contributed by atoms with van der Waals surface area (Å²) in [5.74, 6) is -0.460. The van der Waals surface area contributed by atoms with E-state index in [1.165, 1.54) is 0 Å². The van der Waals surface area contributed by atoms with E-state index in [1.54, 1.807) is 36.4 Å². The maximum Gasteiger partial charge on any atom is 0.239 e. The molecule has 0 bridgehead atoms. The van der Waals surface area contributed by atoms with Crippen LogP contribution in [0.1, 0.15) is 11.1 Å². The average molecular weight is 351 g/mol. The molecule has 0 saturated carbocycles. The van der Waals surface area contributed by atoms with Gasteiger partial charge in [-0.05, 0) is 35.4 Å². The molecule has 6 heteroatoms. The van der Waals surface area contributed by atoms with Gasteiger partial charge in [0.15, 0.2) is 0 Å². The minimum Gasteiger partial charge on any atom is -0.350 e. The van der Waals surface area contributed by atoms with E-state index in [-0.39, 0.29) is 24.8 Å². The molecule has 120 valence electrons. The molecule has 0 saturated heterocycles. The lowest BCUT2D eigenvalue weighted by Gasteiger charge is -2.07. The molecule has 0 atom stereocenters. The summed E-state index contributed by atoms with van der Waals surface area (Å²) < 4.78 is 0. The van der Waals surface area contributed by atoms with Crippen molar-refractivity contribution in [1.82, 2.24) is 10.6 Å². The molecule has 2 rings (SSSR count). The first-order chi connectivity index (χ1) is 11.0. The van der Waals surface area contributed by atoms with Gasteiger partial charge in [0.05, 0.1) is 13.0 Å². The fourth-order valence-electron chi connectivity index (χ4n) is 1.89. The zero-order valence-corrected chi connectivity index (χ0v) is 13.8. The smallest absolute Gasteiger partial charge is 0.239 e. The van der Waals surface area contributed by atoms with Crippen LogP contribution in [0.2, 0.25) is 10.0 Å². The van der Waals surface area contributed by atoms with Gasteiger partial charge < -0.3 is 10.6 Å². The number of halogens is 2. The van der Waals surface area contributed by atoms with E-state index in [0.29, 0.717) is 16.6 Å². The van der Waals surface area contributed by atoms with Crippen molar-refractivity contribution < 1.29 is 9.59 Å². The highest BCUT2D eigenvalue weighted by Crippen LogP contribution is 2.10. The summed E-state index contributed by atoms with van der Waals surface area (Å²) in [4.78, 5) is 23.5. The Morgan fingerprint density at radius 3 is 1.83 bits per heavy atom. The van der Waals surface area contributed by atoms with Crippen molar-refractivity contribution in [2.45, 2.75) is 13.0 Å². The van der Waals surface area contributed by atoms with Crippen molar-refractivity contribution in [1.29, 1.82) is 0 Å². The summed E-state index contributed by atoms with van der Waals surface area (Å²) in [5.41, 5.74) is 1.78. The molecule has 4 nitrogen and oxygen atoms in total.